The summed E-state index contributed by atoms with van der Waals surface area (Å²) in [4.78, 5) is 11.3. The molecule has 62 valence electrons. The Morgan fingerprint density at radius 2 is 2.18 bits per heavy atom. The maximum Gasteiger partial charge on any atom is 0.139 e. The lowest BCUT2D eigenvalue weighted by Crippen LogP contribution is -2.43. The third-order valence-corrected chi connectivity index (χ3v) is 2.84. The average molecular weight is 152 g/mol. The fourth-order valence-corrected chi connectivity index (χ4v) is 1.58. The molecule has 0 bridgehead atoms. The zero-order chi connectivity index (χ0) is 8.65. The Morgan fingerprint density at radius 3 is 2.45 bits per heavy atom. The zero-order valence-electron chi connectivity index (χ0n) is 7.55. The van der Waals surface area contributed by atoms with Crippen LogP contribution in [0.5, 0.6) is 0 Å². The van der Waals surface area contributed by atoms with Crippen LogP contribution in [0.2, 0.25) is 0 Å². The first-order chi connectivity index (χ1) is 4.99. The van der Waals surface area contributed by atoms with Crippen LogP contribution in [-0.4, -0.2) is 5.78 Å². The molecule has 1 aliphatic rings. The van der Waals surface area contributed by atoms with Crippen molar-refractivity contribution in [1.29, 1.82) is 0 Å². The topological polar surface area (TPSA) is 17.1 Å². The van der Waals surface area contributed by atoms with Gasteiger partial charge in [0.2, 0.25) is 0 Å². The SMILES string of the molecule is C=CC(C)(C)[C@@H]1C[C@@H](C)C1=O. The number of allylic oxidation sites excluding steroid dienone is 1. The Bertz CT molecular complexity index is 191. The van der Waals surface area contributed by atoms with E-state index >= 15 is 0 Å². The first kappa shape index (κ1) is 8.51. The molecular formula is C10H16O. The van der Waals surface area contributed by atoms with Gasteiger partial charge >= 0.3 is 0 Å². The Balaban J connectivity index is 2.65. The second kappa shape index (κ2) is 2.47. The van der Waals surface area contributed by atoms with Crippen LogP contribution >= 0.6 is 0 Å². The van der Waals surface area contributed by atoms with Gasteiger partial charge in [0.15, 0.2) is 0 Å². The molecule has 1 rings (SSSR count). The lowest BCUT2D eigenvalue weighted by molar-refractivity contribution is -0.139. The average Bonchev–Trinajstić information content (AvgIpc) is 1.99. The summed E-state index contributed by atoms with van der Waals surface area (Å²) in [7, 11) is 0. The molecule has 0 aromatic rings. The second-order valence-electron chi connectivity index (χ2n) is 4.12. The van der Waals surface area contributed by atoms with Crippen molar-refractivity contribution in [2.24, 2.45) is 17.3 Å². The van der Waals surface area contributed by atoms with E-state index in [2.05, 4.69) is 20.4 Å². The Kier molecular flexibility index (Phi) is 1.91. The Labute approximate surface area is 68.5 Å². The largest absolute Gasteiger partial charge is 0.299 e. The number of Topliss-reactive ketones (excluding diaryl/α,β-unsaturated/α-hetero) is 1. The number of hydrogen-bond acceptors (Lipinski definition) is 1. The maximum atomic E-state index is 11.3. The maximum absolute atomic E-state index is 11.3. The minimum absolute atomic E-state index is 0.00356. The van der Waals surface area contributed by atoms with E-state index in [-0.39, 0.29) is 11.3 Å². The predicted molar refractivity (Wildman–Crippen MR) is 46.3 cm³/mol. The van der Waals surface area contributed by atoms with Gasteiger partial charge in [-0.2, -0.15) is 0 Å². The third-order valence-electron chi connectivity index (χ3n) is 2.84. The molecule has 0 aromatic heterocycles. The number of carbonyl (C=O) groups excluding carboxylic acids is 1. The molecule has 1 saturated carbocycles. The van der Waals surface area contributed by atoms with E-state index in [1.165, 1.54) is 0 Å². The highest BCUT2D eigenvalue weighted by Crippen LogP contribution is 2.42. The molecule has 0 amide bonds. The molecule has 1 fully saturated rings. The number of hydrogen-bond donors (Lipinski definition) is 0. The molecule has 11 heavy (non-hydrogen) atoms. The fraction of sp³-hybridized carbons (Fsp3) is 0.700. The van der Waals surface area contributed by atoms with Crippen molar-refractivity contribution < 1.29 is 4.79 Å². The van der Waals surface area contributed by atoms with Gasteiger partial charge < -0.3 is 0 Å². The highest BCUT2D eigenvalue weighted by atomic mass is 16.1. The van der Waals surface area contributed by atoms with Crippen LogP contribution < -0.4 is 0 Å². The molecule has 2 atom stereocenters. The number of carbonyl (C=O) groups is 1. The molecule has 1 aliphatic carbocycles. The van der Waals surface area contributed by atoms with Gasteiger partial charge in [-0.1, -0.05) is 26.8 Å². The van der Waals surface area contributed by atoms with Gasteiger partial charge in [-0.05, 0) is 11.8 Å². The smallest absolute Gasteiger partial charge is 0.139 e. The summed E-state index contributed by atoms with van der Waals surface area (Å²) in [5, 5.41) is 0. The minimum atomic E-state index is 0.00356. The van der Waals surface area contributed by atoms with Crippen molar-refractivity contribution in [2.45, 2.75) is 27.2 Å². The molecule has 1 heteroatoms. The normalized spacial score (nSPS) is 31.4. The molecular weight excluding hydrogens is 136 g/mol. The number of rotatable bonds is 2. The van der Waals surface area contributed by atoms with E-state index in [0.29, 0.717) is 11.7 Å². The summed E-state index contributed by atoms with van der Waals surface area (Å²) >= 11 is 0. The van der Waals surface area contributed by atoms with Gasteiger partial charge in [-0.25, -0.2) is 0 Å². The van der Waals surface area contributed by atoms with Crippen molar-refractivity contribution in [3.63, 3.8) is 0 Å². The summed E-state index contributed by atoms with van der Waals surface area (Å²) < 4.78 is 0. The molecule has 0 heterocycles. The van der Waals surface area contributed by atoms with Crippen molar-refractivity contribution >= 4 is 5.78 Å². The van der Waals surface area contributed by atoms with Crippen LogP contribution in [0.3, 0.4) is 0 Å². The van der Waals surface area contributed by atoms with Crippen molar-refractivity contribution in [1.82, 2.24) is 0 Å². The van der Waals surface area contributed by atoms with E-state index in [9.17, 15) is 4.79 Å². The van der Waals surface area contributed by atoms with Crippen molar-refractivity contribution in [3.05, 3.63) is 12.7 Å². The van der Waals surface area contributed by atoms with Crippen LogP contribution in [-0.2, 0) is 4.79 Å². The molecule has 0 N–H and O–H groups in total. The first-order valence-electron chi connectivity index (χ1n) is 4.16. The summed E-state index contributed by atoms with van der Waals surface area (Å²) in [5.74, 6) is 0.934. The molecule has 0 aromatic carbocycles. The quantitative estimate of drug-likeness (QED) is 0.555. The first-order valence-corrected chi connectivity index (χ1v) is 4.16. The molecule has 0 saturated heterocycles. The monoisotopic (exact) mass is 152 g/mol. The fourth-order valence-electron chi connectivity index (χ4n) is 1.58. The summed E-state index contributed by atoms with van der Waals surface area (Å²) in [5.41, 5.74) is 0.00356. The van der Waals surface area contributed by atoms with Gasteiger partial charge in [-0.15, -0.1) is 6.58 Å². The predicted octanol–water partition coefficient (Wildman–Crippen LogP) is 2.42. The van der Waals surface area contributed by atoms with Crippen molar-refractivity contribution in [3.8, 4) is 0 Å². The highest BCUT2D eigenvalue weighted by Gasteiger charge is 2.43. The van der Waals surface area contributed by atoms with Gasteiger partial charge in [0.05, 0.1) is 0 Å². The van der Waals surface area contributed by atoms with E-state index in [0.717, 1.165) is 6.42 Å². The summed E-state index contributed by atoms with van der Waals surface area (Å²) in [6.45, 7) is 9.90. The second-order valence-corrected chi connectivity index (χ2v) is 4.12. The Morgan fingerprint density at radius 1 is 1.64 bits per heavy atom. The van der Waals surface area contributed by atoms with E-state index < -0.39 is 0 Å². The van der Waals surface area contributed by atoms with Crippen molar-refractivity contribution in [2.75, 3.05) is 0 Å². The zero-order valence-corrected chi connectivity index (χ0v) is 7.55. The highest BCUT2D eigenvalue weighted by molar-refractivity contribution is 5.89. The van der Waals surface area contributed by atoms with Crippen LogP contribution in [0, 0.1) is 17.3 Å². The lowest BCUT2D eigenvalue weighted by Gasteiger charge is -2.40. The van der Waals surface area contributed by atoms with Gasteiger partial charge in [0.1, 0.15) is 5.78 Å². The minimum Gasteiger partial charge on any atom is -0.299 e. The van der Waals surface area contributed by atoms with E-state index in [1.54, 1.807) is 0 Å². The third kappa shape index (κ3) is 1.24. The molecule has 0 unspecified atom stereocenters. The standard InChI is InChI=1S/C10H16O/c1-5-10(3,4)8-6-7(2)9(8)11/h5,7-8H,1,6H2,2-4H3/t7-,8-/m1/s1. The van der Waals surface area contributed by atoms with Gasteiger partial charge in [0, 0.05) is 11.8 Å². The lowest BCUT2D eigenvalue weighted by atomic mass is 9.62. The summed E-state index contributed by atoms with van der Waals surface area (Å²) in [6.07, 6.45) is 2.93. The molecule has 0 aliphatic heterocycles. The molecule has 0 spiro atoms. The molecule has 1 nitrogen and oxygen atoms in total. The number of ketones is 1. The van der Waals surface area contributed by atoms with Crippen LogP contribution in [0.25, 0.3) is 0 Å². The van der Waals surface area contributed by atoms with E-state index in [4.69, 9.17) is 0 Å². The van der Waals surface area contributed by atoms with E-state index in [1.807, 2.05) is 13.0 Å². The van der Waals surface area contributed by atoms with Crippen LogP contribution in [0.4, 0.5) is 0 Å². The van der Waals surface area contributed by atoms with Gasteiger partial charge in [-0.3, -0.25) is 4.79 Å². The van der Waals surface area contributed by atoms with Gasteiger partial charge in [0.25, 0.3) is 0 Å². The van der Waals surface area contributed by atoms with Crippen LogP contribution in [0.1, 0.15) is 27.2 Å². The summed E-state index contributed by atoms with van der Waals surface area (Å²) in [6, 6.07) is 0. The Hall–Kier alpha value is -0.590. The molecule has 0 radical (unpaired) electrons. The van der Waals surface area contributed by atoms with Crippen LogP contribution in [0.15, 0.2) is 12.7 Å².